The van der Waals surface area contributed by atoms with Crippen molar-refractivity contribution in [2.75, 3.05) is 6.54 Å². The summed E-state index contributed by atoms with van der Waals surface area (Å²) in [5, 5.41) is 12.3. The molecular weight excluding hydrogens is 217 g/mol. The van der Waals surface area contributed by atoms with Crippen LogP contribution < -0.4 is 5.32 Å². The molecule has 2 nitrogen and oxygen atoms in total. The van der Waals surface area contributed by atoms with Gasteiger partial charge >= 0.3 is 0 Å². The molecule has 1 saturated heterocycles. The molecule has 0 aliphatic carbocycles. The van der Waals surface area contributed by atoms with Gasteiger partial charge in [-0.3, -0.25) is 0 Å². The van der Waals surface area contributed by atoms with Crippen molar-refractivity contribution in [2.45, 2.75) is 25.3 Å². The summed E-state index contributed by atoms with van der Waals surface area (Å²) in [6, 6.07) is 4.48. The van der Waals surface area contributed by atoms with Crippen molar-refractivity contribution in [3.8, 4) is 5.75 Å². The van der Waals surface area contributed by atoms with Crippen LogP contribution in [0, 0.1) is 5.82 Å². The quantitative estimate of drug-likeness (QED) is 0.779. The Hall–Kier alpha value is -0.800. The number of piperidine rings is 1. The molecule has 0 amide bonds. The van der Waals surface area contributed by atoms with Crippen LogP contribution in [0.3, 0.4) is 0 Å². The van der Waals surface area contributed by atoms with E-state index in [1.165, 1.54) is 12.1 Å². The van der Waals surface area contributed by atoms with E-state index in [4.69, 9.17) is 5.11 Å². The van der Waals surface area contributed by atoms with Crippen molar-refractivity contribution in [1.29, 1.82) is 0 Å². The molecule has 2 N–H and O–H groups in total. The predicted molar refractivity (Wildman–Crippen MR) is 59.9 cm³/mol. The van der Waals surface area contributed by atoms with Gasteiger partial charge in [0, 0.05) is 17.7 Å². The first-order chi connectivity index (χ1) is 6.77. The Morgan fingerprint density at radius 1 is 1.33 bits per heavy atom. The van der Waals surface area contributed by atoms with Crippen LogP contribution in [0.4, 0.5) is 4.39 Å². The molecule has 1 aliphatic heterocycles. The molecule has 2 rings (SSSR count). The van der Waals surface area contributed by atoms with Gasteiger partial charge in [-0.05, 0) is 25.5 Å². The molecule has 84 valence electrons. The monoisotopic (exact) mass is 231 g/mol. The van der Waals surface area contributed by atoms with Gasteiger partial charge in [-0.25, -0.2) is 4.39 Å². The second-order valence-corrected chi connectivity index (χ2v) is 3.71. The van der Waals surface area contributed by atoms with Gasteiger partial charge in [-0.15, -0.1) is 12.4 Å². The number of phenolic OH excluding ortho intramolecular Hbond substituents is 1. The number of benzene rings is 1. The lowest BCUT2D eigenvalue weighted by atomic mass is 9.97. The number of hydrogen-bond donors (Lipinski definition) is 2. The lowest BCUT2D eigenvalue weighted by molar-refractivity contribution is 0.397. The van der Waals surface area contributed by atoms with E-state index in [0.29, 0.717) is 5.56 Å². The summed E-state index contributed by atoms with van der Waals surface area (Å²) in [4.78, 5) is 0. The van der Waals surface area contributed by atoms with E-state index in [-0.39, 0.29) is 30.0 Å². The zero-order valence-electron chi connectivity index (χ0n) is 8.37. The molecule has 1 fully saturated rings. The third kappa shape index (κ3) is 2.83. The van der Waals surface area contributed by atoms with E-state index >= 15 is 0 Å². The van der Waals surface area contributed by atoms with Gasteiger partial charge in [0.25, 0.3) is 0 Å². The SMILES string of the molecule is Cl.Oc1ccc([C@H]2CCCCN2)c(F)c1. The van der Waals surface area contributed by atoms with Crippen molar-refractivity contribution < 1.29 is 9.50 Å². The van der Waals surface area contributed by atoms with Crippen LogP contribution in [0.15, 0.2) is 18.2 Å². The minimum Gasteiger partial charge on any atom is -0.508 e. The van der Waals surface area contributed by atoms with Gasteiger partial charge in [0.1, 0.15) is 11.6 Å². The number of nitrogens with one attached hydrogen (secondary N) is 1. The fourth-order valence-electron chi connectivity index (χ4n) is 1.92. The maximum atomic E-state index is 13.4. The van der Waals surface area contributed by atoms with E-state index < -0.39 is 0 Å². The second kappa shape index (κ2) is 5.33. The molecule has 1 aromatic rings. The minimum atomic E-state index is -0.315. The van der Waals surface area contributed by atoms with Gasteiger partial charge < -0.3 is 10.4 Å². The van der Waals surface area contributed by atoms with Crippen molar-refractivity contribution in [3.63, 3.8) is 0 Å². The molecule has 4 heteroatoms. The van der Waals surface area contributed by atoms with Gasteiger partial charge in [0.05, 0.1) is 0 Å². The summed E-state index contributed by atoms with van der Waals surface area (Å²) < 4.78 is 13.4. The molecule has 0 saturated carbocycles. The standard InChI is InChI=1S/C11H14FNO.ClH/c12-10-7-8(14)4-5-9(10)11-3-1-2-6-13-11;/h4-5,7,11,13-14H,1-3,6H2;1H/t11-;/m1./s1. The summed E-state index contributed by atoms with van der Waals surface area (Å²) in [5.41, 5.74) is 0.669. The van der Waals surface area contributed by atoms with Gasteiger partial charge in [-0.2, -0.15) is 0 Å². The normalized spacial score (nSPS) is 20.7. The average Bonchev–Trinajstić information content (AvgIpc) is 2.19. The first kappa shape index (κ1) is 12.3. The Balaban J connectivity index is 0.00000112. The van der Waals surface area contributed by atoms with E-state index in [1.807, 2.05) is 0 Å². The van der Waals surface area contributed by atoms with E-state index in [1.54, 1.807) is 6.07 Å². The van der Waals surface area contributed by atoms with Crippen molar-refractivity contribution in [1.82, 2.24) is 5.32 Å². The lowest BCUT2D eigenvalue weighted by Crippen LogP contribution is -2.27. The first-order valence-electron chi connectivity index (χ1n) is 4.99. The van der Waals surface area contributed by atoms with Crippen molar-refractivity contribution in [3.05, 3.63) is 29.6 Å². The number of phenols is 1. The number of hydrogen-bond acceptors (Lipinski definition) is 2. The molecule has 1 aliphatic rings. The third-order valence-corrected chi connectivity index (χ3v) is 2.67. The van der Waals surface area contributed by atoms with Crippen LogP contribution in [0.25, 0.3) is 0 Å². The van der Waals surface area contributed by atoms with Crippen LogP contribution in [0.2, 0.25) is 0 Å². The zero-order chi connectivity index (χ0) is 9.97. The van der Waals surface area contributed by atoms with Gasteiger partial charge in [0.15, 0.2) is 0 Å². The molecule has 15 heavy (non-hydrogen) atoms. The van der Waals surface area contributed by atoms with Crippen LogP contribution in [-0.2, 0) is 0 Å². The lowest BCUT2D eigenvalue weighted by Gasteiger charge is -2.24. The molecular formula is C11H15ClFNO. The van der Waals surface area contributed by atoms with E-state index in [0.717, 1.165) is 25.8 Å². The summed E-state index contributed by atoms with van der Waals surface area (Å²) in [5.74, 6) is -0.327. The van der Waals surface area contributed by atoms with Crippen LogP contribution in [-0.4, -0.2) is 11.7 Å². The summed E-state index contributed by atoms with van der Waals surface area (Å²) in [6.07, 6.45) is 3.27. The maximum absolute atomic E-state index is 13.4. The Bertz CT molecular complexity index is 326. The topological polar surface area (TPSA) is 32.3 Å². The van der Waals surface area contributed by atoms with Crippen molar-refractivity contribution >= 4 is 12.4 Å². The van der Waals surface area contributed by atoms with E-state index in [9.17, 15) is 4.39 Å². The average molecular weight is 232 g/mol. The highest BCUT2D eigenvalue weighted by atomic mass is 35.5. The molecule has 0 spiro atoms. The van der Waals surface area contributed by atoms with Gasteiger partial charge in [-0.1, -0.05) is 12.5 Å². The number of aromatic hydroxyl groups is 1. The molecule has 0 unspecified atom stereocenters. The highest BCUT2D eigenvalue weighted by Crippen LogP contribution is 2.26. The predicted octanol–water partition coefficient (Wildman–Crippen LogP) is 2.77. The molecule has 1 aromatic carbocycles. The molecule has 0 aromatic heterocycles. The summed E-state index contributed by atoms with van der Waals surface area (Å²) >= 11 is 0. The van der Waals surface area contributed by atoms with Crippen LogP contribution in [0.5, 0.6) is 5.75 Å². The number of rotatable bonds is 1. The summed E-state index contributed by atoms with van der Waals surface area (Å²) in [6.45, 7) is 0.949. The minimum absolute atomic E-state index is 0. The Labute approximate surface area is 94.9 Å². The maximum Gasteiger partial charge on any atom is 0.131 e. The third-order valence-electron chi connectivity index (χ3n) is 2.67. The Kier molecular flexibility index (Phi) is 4.36. The Morgan fingerprint density at radius 2 is 2.13 bits per heavy atom. The second-order valence-electron chi connectivity index (χ2n) is 3.71. The smallest absolute Gasteiger partial charge is 0.131 e. The zero-order valence-corrected chi connectivity index (χ0v) is 9.19. The van der Waals surface area contributed by atoms with Crippen LogP contribution >= 0.6 is 12.4 Å². The highest BCUT2D eigenvalue weighted by molar-refractivity contribution is 5.85. The van der Waals surface area contributed by atoms with E-state index in [2.05, 4.69) is 5.32 Å². The fraction of sp³-hybridized carbons (Fsp3) is 0.455. The molecule has 0 bridgehead atoms. The van der Waals surface area contributed by atoms with Gasteiger partial charge in [0.2, 0.25) is 0 Å². The fourth-order valence-corrected chi connectivity index (χ4v) is 1.92. The molecule has 0 radical (unpaired) electrons. The number of halogens is 2. The molecule has 1 heterocycles. The summed E-state index contributed by atoms with van der Waals surface area (Å²) in [7, 11) is 0. The van der Waals surface area contributed by atoms with Crippen LogP contribution in [0.1, 0.15) is 30.9 Å². The first-order valence-corrected chi connectivity index (χ1v) is 4.99. The molecule has 1 atom stereocenters. The Morgan fingerprint density at radius 3 is 2.73 bits per heavy atom. The highest BCUT2D eigenvalue weighted by Gasteiger charge is 2.17. The largest absolute Gasteiger partial charge is 0.508 e. The van der Waals surface area contributed by atoms with Crippen molar-refractivity contribution in [2.24, 2.45) is 0 Å².